The van der Waals surface area contributed by atoms with Crippen LogP contribution in [-0.2, 0) is 46.9 Å². The molecular formula is C46H59BrClN7O6S. The fourth-order valence-electron chi connectivity index (χ4n) is 8.26. The van der Waals surface area contributed by atoms with E-state index in [-0.39, 0.29) is 33.0 Å². The number of nitrogens with one attached hydrogen (secondary N) is 1. The molecule has 1 aliphatic heterocycles. The van der Waals surface area contributed by atoms with Crippen molar-refractivity contribution >= 4 is 71.9 Å². The van der Waals surface area contributed by atoms with Crippen LogP contribution < -0.4 is 19.7 Å². The Morgan fingerprint density at radius 1 is 0.919 bits per heavy atom. The van der Waals surface area contributed by atoms with Gasteiger partial charge in [-0.1, -0.05) is 70.5 Å². The minimum atomic E-state index is -3.44. The second kappa shape index (κ2) is 21.2. The molecule has 0 amide bonds. The van der Waals surface area contributed by atoms with Gasteiger partial charge in [0.05, 0.1) is 24.4 Å². The van der Waals surface area contributed by atoms with Crippen molar-refractivity contribution in [2.24, 2.45) is 7.05 Å². The van der Waals surface area contributed by atoms with Crippen molar-refractivity contribution in [3.8, 4) is 22.6 Å². The minimum Gasteiger partial charge on any atom is -0.493 e. The number of hydrogen-bond acceptors (Lipinski definition) is 9. The largest absolute Gasteiger partial charge is 0.493 e. The van der Waals surface area contributed by atoms with Crippen molar-refractivity contribution in [1.29, 1.82) is 0 Å². The van der Waals surface area contributed by atoms with Crippen LogP contribution in [0, 0.1) is 0 Å². The van der Waals surface area contributed by atoms with Crippen LogP contribution in [0.15, 0.2) is 84.9 Å². The summed E-state index contributed by atoms with van der Waals surface area (Å²) in [5, 5.41) is 12.0. The Labute approximate surface area is 381 Å². The van der Waals surface area contributed by atoms with Crippen LogP contribution in [0.1, 0.15) is 48.6 Å². The highest BCUT2D eigenvalue weighted by Gasteiger charge is 2.30. The van der Waals surface area contributed by atoms with E-state index in [1.807, 2.05) is 74.2 Å². The quantitative estimate of drug-likeness (QED) is 0.0488. The molecular weight excluding hydrogens is 894 g/mol. The molecule has 0 atom stereocenters. The zero-order valence-corrected chi connectivity index (χ0v) is 39.3. The molecule has 1 saturated heterocycles. The molecule has 2 aromatic heterocycles. The number of piperazine rings is 1. The first-order valence-electron chi connectivity index (χ1n) is 20.9. The van der Waals surface area contributed by atoms with Gasteiger partial charge in [0, 0.05) is 88.2 Å². The summed E-state index contributed by atoms with van der Waals surface area (Å²) in [7, 11) is 3.56. The summed E-state index contributed by atoms with van der Waals surface area (Å²) in [6.07, 6.45) is 2.12. The number of ether oxygens (including phenoxy) is 3. The summed E-state index contributed by atoms with van der Waals surface area (Å²) >= 11 is 3.76. The van der Waals surface area contributed by atoms with Crippen LogP contribution >= 0.6 is 28.3 Å². The number of carbonyl (C=O) groups is 1. The molecule has 1 N–H and O–H groups in total. The summed E-state index contributed by atoms with van der Waals surface area (Å²) in [4.78, 5) is 16.2. The van der Waals surface area contributed by atoms with Gasteiger partial charge in [-0.3, -0.25) is 4.68 Å². The van der Waals surface area contributed by atoms with E-state index in [1.54, 1.807) is 14.1 Å². The van der Waals surface area contributed by atoms with Gasteiger partial charge in [-0.05, 0) is 81.1 Å². The van der Waals surface area contributed by atoms with Gasteiger partial charge in [0.1, 0.15) is 29.5 Å². The lowest BCUT2D eigenvalue weighted by molar-refractivity contribution is 0.0512. The molecule has 62 heavy (non-hydrogen) atoms. The lowest BCUT2D eigenvalue weighted by Gasteiger charge is -2.36. The zero-order valence-electron chi connectivity index (χ0n) is 36.1. The number of nitrogens with zero attached hydrogens (tertiary/aromatic N) is 6. The summed E-state index contributed by atoms with van der Waals surface area (Å²) in [6, 6.07) is 28.5. The third-order valence-electron chi connectivity index (χ3n) is 11.3. The Morgan fingerprint density at radius 2 is 1.63 bits per heavy atom. The van der Waals surface area contributed by atoms with Gasteiger partial charge in [0.2, 0.25) is 0 Å². The van der Waals surface area contributed by atoms with Crippen molar-refractivity contribution in [2.75, 3.05) is 72.0 Å². The average molecular weight is 953 g/mol. The Bertz CT molecular complexity index is 2570. The first-order valence-corrected chi connectivity index (χ1v) is 23.4. The van der Waals surface area contributed by atoms with Crippen LogP contribution in [0.5, 0.6) is 11.5 Å². The number of halogens is 2. The van der Waals surface area contributed by atoms with Crippen molar-refractivity contribution in [2.45, 2.75) is 44.7 Å². The Balaban J connectivity index is 0.00000374. The molecule has 6 aromatic rings. The topological polar surface area (TPSA) is 123 Å². The summed E-state index contributed by atoms with van der Waals surface area (Å²) in [6.45, 7) is 6.25. The number of carbonyl (C=O) groups excluding carboxylic acids is 1. The van der Waals surface area contributed by atoms with Gasteiger partial charge in [-0.15, -0.1) is 12.4 Å². The minimum absolute atomic E-state index is 0. The van der Waals surface area contributed by atoms with E-state index >= 15 is 0 Å². The van der Waals surface area contributed by atoms with Crippen molar-refractivity contribution in [3.05, 3.63) is 108 Å². The van der Waals surface area contributed by atoms with Crippen LogP contribution in [-0.4, -0.2) is 104 Å². The molecule has 16 heteroatoms. The maximum Gasteiger partial charge on any atom is 0.355 e. The smallest absolute Gasteiger partial charge is 0.355 e. The first kappa shape index (κ1) is 46.9. The highest BCUT2D eigenvalue weighted by Crippen LogP contribution is 2.40. The maximum absolute atomic E-state index is 14.0. The summed E-state index contributed by atoms with van der Waals surface area (Å²) in [5.41, 5.74) is 7.19. The standard InChI is InChI=1S/C46H56BrN7O6S.ClH.H2/c1-6-58-46(55)45-38(18-11-30-59-42-19-9-14-33-13-7-8-15-36(33)42)37-16-10-17-39(44(37)54(45)25-12-24-48-2)43-40(49-51(5)41(43)31-47)32-60-35-22-20-34(21-23-35)52-26-28-53(29-27-52)61(56,57)50(3)4;;/h7-10,13-17,19-23,48H,6,11-12,18,24-32H2,1-5H3;2*1H. The number of esters is 1. The fourth-order valence-corrected chi connectivity index (χ4v) is 9.99. The maximum atomic E-state index is 14.0. The highest BCUT2D eigenvalue weighted by atomic mass is 79.9. The second-order valence-electron chi connectivity index (χ2n) is 15.3. The van der Waals surface area contributed by atoms with Gasteiger partial charge in [0.25, 0.3) is 10.2 Å². The number of fused-ring (bicyclic) bond motifs is 2. The second-order valence-corrected chi connectivity index (χ2v) is 18.0. The molecule has 0 spiro atoms. The van der Waals surface area contributed by atoms with E-state index in [4.69, 9.17) is 19.3 Å². The number of para-hydroxylation sites is 1. The van der Waals surface area contributed by atoms with Crippen LogP contribution in [0.25, 0.3) is 32.8 Å². The van der Waals surface area contributed by atoms with Gasteiger partial charge in [-0.25, -0.2) is 4.79 Å². The van der Waals surface area contributed by atoms with Crippen molar-refractivity contribution < 1.29 is 28.8 Å². The number of hydrogen-bond donors (Lipinski definition) is 1. The van der Waals surface area contributed by atoms with Gasteiger partial charge >= 0.3 is 5.97 Å². The highest BCUT2D eigenvalue weighted by molar-refractivity contribution is 9.08. The normalized spacial score (nSPS) is 13.5. The number of anilines is 1. The van der Waals surface area contributed by atoms with Crippen molar-refractivity contribution in [3.63, 3.8) is 0 Å². The molecule has 0 unspecified atom stereocenters. The molecule has 0 bridgehead atoms. The zero-order chi connectivity index (χ0) is 43.1. The molecule has 1 aliphatic rings. The number of aryl methyl sites for hydroxylation is 3. The number of alkyl halides is 1. The number of rotatable bonds is 19. The molecule has 334 valence electrons. The molecule has 0 radical (unpaired) electrons. The lowest BCUT2D eigenvalue weighted by atomic mass is 9.98. The monoisotopic (exact) mass is 951 g/mol. The lowest BCUT2D eigenvalue weighted by Crippen LogP contribution is -2.51. The number of benzene rings is 4. The molecule has 3 heterocycles. The third kappa shape index (κ3) is 9.93. The predicted molar refractivity (Wildman–Crippen MR) is 256 cm³/mol. The molecule has 13 nitrogen and oxygen atoms in total. The Kier molecular flexibility index (Phi) is 16.0. The summed E-state index contributed by atoms with van der Waals surface area (Å²) in [5.74, 6) is 1.21. The van der Waals surface area contributed by atoms with E-state index in [9.17, 15) is 13.2 Å². The first-order chi connectivity index (χ1) is 29.6. The molecule has 7 rings (SSSR count). The fraction of sp³-hybridized carbons (Fsp3) is 0.391. The van der Waals surface area contributed by atoms with E-state index < -0.39 is 10.2 Å². The van der Waals surface area contributed by atoms with Gasteiger partial charge in [0.15, 0.2) is 0 Å². The van der Waals surface area contributed by atoms with Crippen LogP contribution in [0.2, 0.25) is 0 Å². The SMILES string of the molecule is CCOC(=O)c1c(CCCOc2cccc3ccccc23)c2cccc(-c3c(COc4ccc(N5CCN(S(=O)(=O)N(C)C)CC5)cc4)nn(C)c3CBr)c2n1CCCNC.Cl.[HH]. The van der Waals surface area contributed by atoms with E-state index in [2.05, 4.69) is 67.1 Å². The Hall–Kier alpha value is -4.64. The van der Waals surface area contributed by atoms with E-state index in [1.165, 1.54) is 8.61 Å². The van der Waals surface area contributed by atoms with E-state index in [0.717, 1.165) is 74.2 Å². The average Bonchev–Trinajstić information content (AvgIpc) is 3.77. The van der Waals surface area contributed by atoms with Crippen LogP contribution in [0.4, 0.5) is 5.69 Å². The van der Waals surface area contributed by atoms with Gasteiger partial charge < -0.3 is 29.0 Å². The van der Waals surface area contributed by atoms with E-state index in [0.29, 0.717) is 68.9 Å². The predicted octanol–water partition coefficient (Wildman–Crippen LogP) is 8.06. The molecule has 0 aliphatic carbocycles. The molecule has 0 saturated carbocycles. The third-order valence-corrected chi connectivity index (χ3v) is 13.8. The molecule has 1 fully saturated rings. The molecule has 4 aromatic carbocycles. The van der Waals surface area contributed by atoms with Crippen molar-refractivity contribution in [1.82, 2.24) is 28.3 Å². The van der Waals surface area contributed by atoms with Gasteiger partial charge in [-0.2, -0.15) is 22.1 Å². The number of aromatic nitrogens is 3. The Morgan fingerprint density at radius 3 is 2.34 bits per heavy atom. The van der Waals surface area contributed by atoms with Crippen LogP contribution in [0.3, 0.4) is 0 Å². The summed E-state index contributed by atoms with van der Waals surface area (Å²) < 4.78 is 50.7.